The molecule has 5 nitrogen and oxygen atoms in total. The summed E-state index contributed by atoms with van der Waals surface area (Å²) in [5.41, 5.74) is 1.50. The third-order valence-corrected chi connectivity index (χ3v) is 3.98. The fraction of sp³-hybridized carbons (Fsp3) is 0.550. The van der Waals surface area contributed by atoms with Crippen molar-refractivity contribution in [3.63, 3.8) is 0 Å². The third-order valence-electron chi connectivity index (χ3n) is 3.78. The number of carbonyl (C=O) groups is 2. The summed E-state index contributed by atoms with van der Waals surface area (Å²) in [7, 11) is 0. The standard InChI is InChI=1S/C20H31N3O2S/c1-4-5-6-7-8-9-18(24)23-20(26)22-17-12-10-16(11-13-17)21-19(25)14-15(2)3/h10-13,15H,4-9,14H2,1-3H3,(H,21,25)(H2,22,23,24,26). The summed E-state index contributed by atoms with van der Waals surface area (Å²) in [5, 5.41) is 8.83. The van der Waals surface area contributed by atoms with Crippen molar-refractivity contribution in [2.45, 2.75) is 65.7 Å². The third kappa shape index (κ3) is 10.1. The first kappa shape index (κ1) is 22.1. The van der Waals surface area contributed by atoms with Crippen LogP contribution in [0.15, 0.2) is 24.3 Å². The van der Waals surface area contributed by atoms with Gasteiger partial charge in [0.15, 0.2) is 5.11 Å². The lowest BCUT2D eigenvalue weighted by atomic mass is 10.1. The minimum absolute atomic E-state index is 0.00225. The minimum Gasteiger partial charge on any atom is -0.332 e. The van der Waals surface area contributed by atoms with Crippen molar-refractivity contribution in [2.24, 2.45) is 5.92 Å². The fourth-order valence-corrected chi connectivity index (χ4v) is 2.69. The zero-order valence-corrected chi connectivity index (χ0v) is 16.9. The number of hydrogen-bond acceptors (Lipinski definition) is 3. The van der Waals surface area contributed by atoms with Crippen LogP contribution in [0.1, 0.15) is 65.7 Å². The minimum atomic E-state index is -0.0587. The van der Waals surface area contributed by atoms with Crippen molar-refractivity contribution < 1.29 is 9.59 Å². The van der Waals surface area contributed by atoms with Gasteiger partial charge in [0.2, 0.25) is 11.8 Å². The van der Waals surface area contributed by atoms with Crippen molar-refractivity contribution in [2.75, 3.05) is 10.6 Å². The maximum atomic E-state index is 11.9. The van der Waals surface area contributed by atoms with Crippen molar-refractivity contribution in [1.29, 1.82) is 0 Å². The molecular weight excluding hydrogens is 346 g/mol. The number of hydrogen-bond donors (Lipinski definition) is 3. The van der Waals surface area contributed by atoms with Gasteiger partial charge in [0, 0.05) is 24.2 Å². The second-order valence-corrected chi connectivity index (χ2v) is 7.30. The van der Waals surface area contributed by atoms with Crippen LogP contribution in [0.4, 0.5) is 11.4 Å². The lowest BCUT2D eigenvalue weighted by Gasteiger charge is -2.11. The van der Waals surface area contributed by atoms with Crippen LogP contribution < -0.4 is 16.0 Å². The Kier molecular flexibility index (Phi) is 10.5. The van der Waals surface area contributed by atoms with Gasteiger partial charge in [-0.3, -0.25) is 9.59 Å². The van der Waals surface area contributed by atoms with E-state index in [1.807, 2.05) is 26.0 Å². The Labute approximate surface area is 162 Å². The van der Waals surface area contributed by atoms with Gasteiger partial charge in [0.05, 0.1) is 0 Å². The average Bonchev–Trinajstić information content (AvgIpc) is 2.55. The van der Waals surface area contributed by atoms with E-state index in [0.717, 1.165) is 24.2 Å². The smallest absolute Gasteiger partial charge is 0.226 e. The van der Waals surface area contributed by atoms with Crippen molar-refractivity contribution in [1.82, 2.24) is 5.32 Å². The van der Waals surface area contributed by atoms with E-state index in [4.69, 9.17) is 12.2 Å². The highest BCUT2D eigenvalue weighted by molar-refractivity contribution is 7.80. The Morgan fingerprint density at radius 1 is 0.923 bits per heavy atom. The number of nitrogens with one attached hydrogen (secondary N) is 3. The van der Waals surface area contributed by atoms with Crippen molar-refractivity contribution in [3.05, 3.63) is 24.3 Å². The maximum Gasteiger partial charge on any atom is 0.226 e. The van der Waals surface area contributed by atoms with Gasteiger partial charge >= 0.3 is 0 Å². The summed E-state index contributed by atoms with van der Waals surface area (Å²) in [6.07, 6.45) is 6.54. The molecule has 144 valence electrons. The Hall–Kier alpha value is -1.95. The van der Waals surface area contributed by atoms with E-state index in [1.165, 1.54) is 19.3 Å². The van der Waals surface area contributed by atoms with Crippen molar-refractivity contribution >= 4 is 40.5 Å². The maximum absolute atomic E-state index is 11.9. The highest BCUT2D eigenvalue weighted by Gasteiger charge is 2.07. The second kappa shape index (κ2) is 12.4. The molecule has 0 heterocycles. The lowest BCUT2D eigenvalue weighted by Crippen LogP contribution is -2.33. The summed E-state index contributed by atoms with van der Waals surface area (Å²) < 4.78 is 0. The van der Waals surface area contributed by atoms with Crippen LogP contribution >= 0.6 is 12.2 Å². The van der Waals surface area contributed by atoms with E-state index in [9.17, 15) is 9.59 Å². The van der Waals surface area contributed by atoms with E-state index in [2.05, 4.69) is 22.9 Å². The molecule has 1 aromatic carbocycles. The monoisotopic (exact) mass is 377 g/mol. The van der Waals surface area contributed by atoms with Gasteiger partial charge in [-0.15, -0.1) is 0 Å². The van der Waals surface area contributed by atoms with Crippen molar-refractivity contribution in [3.8, 4) is 0 Å². The number of unbranched alkanes of at least 4 members (excludes halogenated alkanes) is 4. The second-order valence-electron chi connectivity index (χ2n) is 6.89. The molecule has 0 unspecified atom stereocenters. The first-order valence-electron chi connectivity index (χ1n) is 9.41. The molecule has 6 heteroatoms. The zero-order chi connectivity index (χ0) is 19.4. The van der Waals surface area contributed by atoms with Gasteiger partial charge in [-0.25, -0.2) is 0 Å². The van der Waals surface area contributed by atoms with Crippen LogP contribution in [0, 0.1) is 5.92 Å². The first-order valence-corrected chi connectivity index (χ1v) is 9.82. The normalized spacial score (nSPS) is 10.5. The Bertz CT molecular complexity index is 585. The summed E-state index contributed by atoms with van der Waals surface area (Å²) in [5.74, 6) is 0.266. The number of anilines is 2. The zero-order valence-electron chi connectivity index (χ0n) is 16.1. The number of rotatable bonds is 10. The molecule has 3 N–H and O–H groups in total. The Morgan fingerprint density at radius 3 is 2.08 bits per heavy atom. The Balaban J connectivity index is 2.33. The van der Waals surface area contributed by atoms with Gasteiger partial charge < -0.3 is 16.0 Å². The highest BCUT2D eigenvalue weighted by Crippen LogP contribution is 2.14. The summed E-state index contributed by atoms with van der Waals surface area (Å²) in [6.45, 7) is 6.18. The molecule has 2 amide bonds. The first-order chi connectivity index (χ1) is 12.4. The van der Waals surface area contributed by atoms with E-state index < -0.39 is 0 Å². The molecule has 26 heavy (non-hydrogen) atoms. The number of amides is 2. The molecule has 0 spiro atoms. The molecule has 1 aromatic rings. The SMILES string of the molecule is CCCCCCCC(=O)NC(=S)Nc1ccc(NC(=O)CC(C)C)cc1. The van der Waals surface area contributed by atoms with Gasteiger partial charge in [-0.05, 0) is 48.8 Å². The molecule has 0 radical (unpaired) electrons. The topological polar surface area (TPSA) is 70.2 Å². The van der Waals surface area contributed by atoms with Gasteiger partial charge in [0.25, 0.3) is 0 Å². The molecule has 0 atom stereocenters. The van der Waals surface area contributed by atoms with Crippen LogP contribution in [-0.4, -0.2) is 16.9 Å². The summed E-state index contributed by atoms with van der Waals surface area (Å²) >= 11 is 5.17. The van der Waals surface area contributed by atoms with E-state index >= 15 is 0 Å². The number of benzene rings is 1. The quantitative estimate of drug-likeness (QED) is 0.403. The van der Waals surface area contributed by atoms with Crippen LogP contribution in [0.3, 0.4) is 0 Å². The van der Waals surface area contributed by atoms with Crippen LogP contribution in [0.2, 0.25) is 0 Å². The highest BCUT2D eigenvalue weighted by atomic mass is 32.1. The van der Waals surface area contributed by atoms with Crippen LogP contribution in [0.25, 0.3) is 0 Å². The number of carbonyl (C=O) groups excluding carboxylic acids is 2. The Morgan fingerprint density at radius 2 is 1.50 bits per heavy atom. The van der Waals surface area contributed by atoms with Gasteiger partial charge in [-0.2, -0.15) is 0 Å². The van der Waals surface area contributed by atoms with E-state index in [-0.39, 0.29) is 11.8 Å². The van der Waals surface area contributed by atoms with E-state index in [0.29, 0.717) is 23.9 Å². The predicted molar refractivity (Wildman–Crippen MR) is 112 cm³/mol. The molecular formula is C20H31N3O2S. The molecule has 0 saturated carbocycles. The van der Waals surface area contributed by atoms with Gasteiger partial charge in [0.1, 0.15) is 0 Å². The molecule has 0 aliphatic rings. The number of thiocarbonyl (C=S) groups is 1. The molecule has 0 fully saturated rings. The van der Waals surface area contributed by atoms with Crippen LogP contribution in [-0.2, 0) is 9.59 Å². The molecule has 0 aliphatic heterocycles. The molecule has 0 aliphatic carbocycles. The molecule has 1 rings (SSSR count). The van der Waals surface area contributed by atoms with Crippen LogP contribution in [0.5, 0.6) is 0 Å². The molecule has 0 bridgehead atoms. The predicted octanol–water partition coefficient (Wildman–Crippen LogP) is 4.84. The molecule has 0 aromatic heterocycles. The lowest BCUT2D eigenvalue weighted by molar-refractivity contribution is -0.120. The average molecular weight is 378 g/mol. The molecule has 0 saturated heterocycles. The van der Waals surface area contributed by atoms with Gasteiger partial charge in [-0.1, -0.05) is 46.5 Å². The fourth-order valence-electron chi connectivity index (χ4n) is 2.46. The summed E-state index contributed by atoms with van der Waals surface area (Å²) in [4.78, 5) is 23.6. The summed E-state index contributed by atoms with van der Waals surface area (Å²) in [6, 6.07) is 7.24. The largest absolute Gasteiger partial charge is 0.332 e. The van der Waals surface area contributed by atoms with E-state index in [1.54, 1.807) is 12.1 Å².